The van der Waals surface area contributed by atoms with Crippen LogP contribution in [0.25, 0.3) is 0 Å². The van der Waals surface area contributed by atoms with Gasteiger partial charge in [0.25, 0.3) is 0 Å². The molecule has 1 rings (SSSR count). The van der Waals surface area contributed by atoms with E-state index in [4.69, 9.17) is 0 Å². The average Bonchev–Trinajstić information content (AvgIpc) is 2.29. The van der Waals surface area contributed by atoms with E-state index in [2.05, 4.69) is 29.5 Å². The van der Waals surface area contributed by atoms with Gasteiger partial charge in [0.2, 0.25) is 0 Å². The number of rotatable bonds is 7. The lowest BCUT2D eigenvalue weighted by atomic mass is 10.2. The Morgan fingerprint density at radius 2 is 2.33 bits per heavy atom. The minimum Gasteiger partial charge on any atom is -0.313 e. The van der Waals surface area contributed by atoms with E-state index in [1.54, 1.807) is 0 Å². The van der Waals surface area contributed by atoms with E-state index in [0.29, 0.717) is 6.04 Å². The average molecular weight is 224 g/mol. The van der Waals surface area contributed by atoms with Crippen molar-refractivity contribution in [3.05, 3.63) is 30.1 Å². The predicted octanol–water partition coefficient (Wildman–Crippen LogP) is 2.36. The maximum atomic E-state index is 4.30. The molecule has 15 heavy (non-hydrogen) atoms. The maximum absolute atomic E-state index is 4.30. The van der Waals surface area contributed by atoms with Crippen LogP contribution < -0.4 is 5.32 Å². The first-order valence-electron chi connectivity index (χ1n) is 5.49. The first kappa shape index (κ1) is 12.5. The normalized spacial score (nSPS) is 12.7. The second-order valence-corrected chi connectivity index (χ2v) is 4.50. The molecule has 1 heterocycles. The molecule has 1 N–H and O–H groups in total. The third-order valence-electron chi connectivity index (χ3n) is 2.40. The minimum absolute atomic E-state index is 0.642. The molecule has 0 aliphatic heterocycles. The molecule has 2 nitrogen and oxygen atoms in total. The number of nitrogens with one attached hydrogen (secondary N) is 1. The summed E-state index contributed by atoms with van der Waals surface area (Å²) in [6.07, 6.45) is 6.23. The van der Waals surface area contributed by atoms with E-state index in [0.717, 1.165) is 13.0 Å². The van der Waals surface area contributed by atoms with Gasteiger partial charge in [-0.1, -0.05) is 13.0 Å². The SMILES string of the molecule is CCC(CSC)NCCc1ccccn1. The van der Waals surface area contributed by atoms with Crippen LogP contribution in [-0.2, 0) is 6.42 Å². The fourth-order valence-corrected chi connectivity index (χ4v) is 2.23. The van der Waals surface area contributed by atoms with Gasteiger partial charge in [0.05, 0.1) is 0 Å². The minimum atomic E-state index is 0.642. The van der Waals surface area contributed by atoms with Gasteiger partial charge in [-0.15, -0.1) is 0 Å². The summed E-state index contributed by atoms with van der Waals surface area (Å²) in [5.41, 5.74) is 1.17. The molecular formula is C12H20N2S. The van der Waals surface area contributed by atoms with Crippen molar-refractivity contribution in [1.29, 1.82) is 0 Å². The molecule has 0 aliphatic carbocycles. The number of hydrogen-bond acceptors (Lipinski definition) is 3. The number of pyridine rings is 1. The molecule has 3 heteroatoms. The van der Waals surface area contributed by atoms with Crippen molar-refractivity contribution < 1.29 is 0 Å². The van der Waals surface area contributed by atoms with Crippen LogP contribution in [-0.4, -0.2) is 29.6 Å². The van der Waals surface area contributed by atoms with Crippen LogP contribution in [0, 0.1) is 0 Å². The number of thioether (sulfide) groups is 1. The molecule has 0 fully saturated rings. The smallest absolute Gasteiger partial charge is 0.0416 e. The highest BCUT2D eigenvalue weighted by Crippen LogP contribution is 2.01. The van der Waals surface area contributed by atoms with E-state index in [9.17, 15) is 0 Å². The van der Waals surface area contributed by atoms with Crippen molar-refractivity contribution in [3.8, 4) is 0 Å². The number of hydrogen-bond donors (Lipinski definition) is 1. The molecule has 0 saturated carbocycles. The number of nitrogens with zero attached hydrogens (tertiary/aromatic N) is 1. The van der Waals surface area contributed by atoms with Crippen molar-refractivity contribution >= 4 is 11.8 Å². The summed E-state index contributed by atoms with van der Waals surface area (Å²) in [6, 6.07) is 6.72. The fraction of sp³-hybridized carbons (Fsp3) is 0.583. The highest BCUT2D eigenvalue weighted by atomic mass is 32.2. The fourth-order valence-electron chi connectivity index (χ4n) is 1.47. The molecule has 84 valence electrons. The molecule has 1 atom stereocenters. The second kappa shape index (κ2) is 7.71. The topological polar surface area (TPSA) is 24.9 Å². The van der Waals surface area contributed by atoms with Gasteiger partial charge >= 0.3 is 0 Å². The molecule has 0 spiro atoms. The zero-order chi connectivity index (χ0) is 10.9. The summed E-state index contributed by atoms with van der Waals surface area (Å²) in [5.74, 6) is 1.19. The summed E-state index contributed by atoms with van der Waals surface area (Å²) in [5, 5.41) is 3.56. The van der Waals surface area contributed by atoms with Gasteiger partial charge in [-0.25, -0.2) is 0 Å². The zero-order valence-electron chi connectivity index (χ0n) is 9.57. The van der Waals surface area contributed by atoms with Gasteiger partial charge in [0.15, 0.2) is 0 Å². The molecule has 1 unspecified atom stereocenters. The van der Waals surface area contributed by atoms with E-state index in [1.807, 2.05) is 30.1 Å². The highest BCUT2D eigenvalue weighted by Gasteiger charge is 2.03. The Hall–Kier alpha value is -0.540. The van der Waals surface area contributed by atoms with Crippen LogP contribution in [0.4, 0.5) is 0 Å². The maximum Gasteiger partial charge on any atom is 0.0416 e. The predicted molar refractivity (Wildman–Crippen MR) is 68.4 cm³/mol. The van der Waals surface area contributed by atoms with Gasteiger partial charge in [-0.2, -0.15) is 11.8 Å². The van der Waals surface area contributed by atoms with Gasteiger partial charge in [-0.05, 0) is 24.8 Å². The van der Waals surface area contributed by atoms with Crippen molar-refractivity contribution in [3.63, 3.8) is 0 Å². The lowest BCUT2D eigenvalue weighted by molar-refractivity contribution is 0.542. The molecule has 0 radical (unpaired) electrons. The molecular weight excluding hydrogens is 204 g/mol. The van der Waals surface area contributed by atoms with Gasteiger partial charge < -0.3 is 5.32 Å². The van der Waals surface area contributed by atoms with Crippen LogP contribution in [0.5, 0.6) is 0 Å². The van der Waals surface area contributed by atoms with Crippen LogP contribution in [0.2, 0.25) is 0 Å². The summed E-state index contributed by atoms with van der Waals surface area (Å²) >= 11 is 1.90. The Bertz CT molecular complexity index is 251. The summed E-state index contributed by atoms with van der Waals surface area (Å²) in [4.78, 5) is 4.30. The molecule has 0 amide bonds. The summed E-state index contributed by atoms with van der Waals surface area (Å²) in [7, 11) is 0. The lowest BCUT2D eigenvalue weighted by Crippen LogP contribution is -2.32. The first-order valence-corrected chi connectivity index (χ1v) is 6.88. The van der Waals surface area contributed by atoms with Crippen LogP contribution in [0.1, 0.15) is 19.0 Å². The van der Waals surface area contributed by atoms with Gasteiger partial charge in [0, 0.05) is 36.7 Å². The Kier molecular flexibility index (Phi) is 6.44. The van der Waals surface area contributed by atoms with Crippen molar-refractivity contribution in [2.24, 2.45) is 0 Å². The molecule has 1 aromatic heterocycles. The van der Waals surface area contributed by atoms with E-state index >= 15 is 0 Å². The summed E-state index contributed by atoms with van der Waals surface area (Å²) in [6.45, 7) is 3.25. The van der Waals surface area contributed by atoms with Crippen LogP contribution >= 0.6 is 11.8 Å². The monoisotopic (exact) mass is 224 g/mol. The molecule has 0 saturated heterocycles. The third kappa shape index (κ3) is 5.19. The van der Waals surface area contributed by atoms with Gasteiger partial charge in [0.1, 0.15) is 0 Å². The number of aromatic nitrogens is 1. The standard InChI is InChI=1S/C12H20N2S/c1-3-11(10-15-2)14-9-7-12-6-4-5-8-13-12/h4-6,8,11,14H,3,7,9-10H2,1-2H3. The molecule has 0 aliphatic rings. The molecule has 1 aromatic rings. The Balaban J connectivity index is 2.20. The molecule has 0 aromatic carbocycles. The second-order valence-electron chi connectivity index (χ2n) is 3.59. The first-order chi connectivity index (χ1) is 7.36. The highest BCUT2D eigenvalue weighted by molar-refractivity contribution is 7.98. The van der Waals surface area contributed by atoms with Gasteiger partial charge in [-0.3, -0.25) is 4.98 Å². The van der Waals surface area contributed by atoms with Crippen molar-refractivity contribution in [2.45, 2.75) is 25.8 Å². The lowest BCUT2D eigenvalue weighted by Gasteiger charge is -2.15. The summed E-state index contributed by atoms with van der Waals surface area (Å²) < 4.78 is 0. The quantitative estimate of drug-likeness (QED) is 0.769. The van der Waals surface area contributed by atoms with Crippen molar-refractivity contribution in [1.82, 2.24) is 10.3 Å². The van der Waals surface area contributed by atoms with Crippen molar-refractivity contribution in [2.75, 3.05) is 18.6 Å². The molecule has 0 bridgehead atoms. The Morgan fingerprint density at radius 1 is 1.47 bits per heavy atom. The zero-order valence-corrected chi connectivity index (χ0v) is 10.4. The van der Waals surface area contributed by atoms with Crippen LogP contribution in [0.3, 0.4) is 0 Å². The Labute approximate surface area is 96.9 Å². The van der Waals surface area contributed by atoms with Crippen LogP contribution in [0.15, 0.2) is 24.4 Å². The van der Waals surface area contributed by atoms with E-state index in [-0.39, 0.29) is 0 Å². The van der Waals surface area contributed by atoms with E-state index in [1.165, 1.54) is 17.9 Å². The largest absolute Gasteiger partial charge is 0.313 e. The third-order valence-corrected chi connectivity index (χ3v) is 3.14. The van der Waals surface area contributed by atoms with E-state index < -0.39 is 0 Å². The Morgan fingerprint density at radius 3 is 2.93 bits per heavy atom.